The average molecular weight is 445 g/mol. The van der Waals surface area contributed by atoms with Crippen LogP contribution < -0.4 is 5.32 Å². The van der Waals surface area contributed by atoms with Crippen molar-refractivity contribution in [3.63, 3.8) is 0 Å². The first kappa shape index (κ1) is 21.1. The van der Waals surface area contributed by atoms with E-state index in [1.54, 1.807) is 30.2 Å². The molecule has 0 bridgehead atoms. The Morgan fingerprint density at radius 1 is 1.03 bits per heavy atom. The molecule has 1 aliphatic heterocycles. The van der Waals surface area contributed by atoms with Gasteiger partial charge in [-0.2, -0.15) is 0 Å². The van der Waals surface area contributed by atoms with Crippen molar-refractivity contribution in [3.8, 4) is 5.69 Å². The van der Waals surface area contributed by atoms with Crippen LogP contribution in [0.4, 0.5) is 14.9 Å². The Hall–Kier alpha value is -3.78. The second-order valence-electron chi connectivity index (χ2n) is 8.20. The number of rotatable bonds is 4. The molecule has 2 aromatic heterocycles. The molecule has 33 heavy (non-hydrogen) atoms. The van der Waals surface area contributed by atoms with Crippen molar-refractivity contribution in [2.24, 2.45) is 0 Å². The molecular weight excluding hydrogens is 419 g/mol. The van der Waals surface area contributed by atoms with E-state index in [1.807, 2.05) is 30.3 Å². The number of hydrogen-bond acceptors (Lipinski definition) is 4. The number of nitrogens with one attached hydrogen (secondary N) is 1. The van der Waals surface area contributed by atoms with Crippen molar-refractivity contribution in [1.82, 2.24) is 24.3 Å². The number of pyridine rings is 1. The molecule has 1 saturated heterocycles. The topological polar surface area (TPSA) is 66.3 Å². The molecule has 2 amide bonds. The van der Waals surface area contributed by atoms with Gasteiger partial charge < -0.3 is 10.2 Å². The second kappa shape index (κ2) is 8.99. The molecule has 2 aromatic carbocycles. The fraction of sp³-hybridized carbons (Fsp3) is 0.240. The average Bonchev–Trinajstić information content (AvgIpc) is 3.20. The Bertz CT molecular complexity index is 1280. The van der Waals surface area contributed by atoms with E-state index in [4.69, 9.17) is 4.98 Å². The molecule has 0 spiro atoms. The largest absolute Gasteiger partial charge is 0.322 e. The number of anilines is 1. The predicted octanol–water partition coefficient (Wildman–Crippen LogP) is 4.22. The molecule has 1 N–H and O–H groups in total. The van der Waals surface area contributed by atoms with Crippen LogP contribution in [0.3, 0.4) is 0 Å². The number of carbonyl (C=O) groups is 1. The molecule has 1 fully saturated rings. The maximum atomic E-state index is 13.8. The van der Waals surface area contributed by atoms with Crippen LogP contribution in [0.2, 0.25) is 0 Å². The number of urea groups is 1. The highest BCUT2D eigenvalue weighted by Gasteiger charge is 2.23. The first-order valence-corrected chi connectivity index (χ1v) is 11.0. The molecule has 7 nitrogen and oxygen atoms in total. The van der Waals surface area contributed by atoms with Gasteiger partial charge in [0.05, 0.1) is 6.54 Å². The van der Waals surface area contributed by atoms with Crippen LogP contribution in [0.1, 0.15) is 11.4 Å². The number of imidazole rings is 1. The number of hydrogen-bond donors (Lipinski definition) is 1. The molecule has 0 unspecified atom stereocenters. The molecule has 8 heteroatoms. The van der Waals surface area contributed by atoms with Crippen LogP contribution >= 0.6 is 0 Å². The van der Waals surface area contributed by atoms with Crippen LogP contribution in [0, 0.1) is 12.7 Å². The van der Waals surface area contributed by atoms with E-state index in [9.17, 15) is 9.18 Å². The smallest absolute Gasteiger partial charge is 0.321 e. The number of carbonyl (C=O) groups excluding carboxylic acids is 1. The summed E-state index contributed by atoms with van der Waals surface area (Å²) < 4.78 is 15.9. The number of fused-ring (bicyclic) bond motifs is 1. The number of nitrogens with zero attached hydrogens (tertiary/aromatic N) is 5. The quantitative estimate of drug-likeness (QED) is 0.512. The third-order valence-electron chi connectivity index (χ3n) is 5.95. The van der Waals surface area contributed by atoms with E-state index < -0.39 is 0 Å². The summed E-state index contributed by atoms with van der Waals surface area (Å²) in [5.74, 6) is 0.594. The first-order chi connectivity index (χ1) is 16.1. The van der Waals surface area contributed by atoms with Crippen molar-refractivity contribution >= 4 is 22.9 Å². The number of aryl methyl sites for hydroxylation is 1. The van der Waals surface area contributed by atoms with Gasteiger partial charge in [-0.05, 0) is 48.9 Å². The summed E-state index contributed by atoms with van der Waals surface area (Å²) in [6, 6.07) is 18.5. The van der Waals surface area contributed by atoms with Gasteiger partial charge in [0.2, 0.25) is 0 Å². The Kier molecular flexibility index (Phi) is 5.75. The number of benzene rings is 2. The van der Waals surface area contributed by atoms with E-state index in [0.717, 1.165) is 35.8 Å². The molecule has 4 aromatic rings. The van der Waals surface area contributed by atoms with Crippen LogP contribution in [0.5, 0.6) is 0 Å². The van der Waals surface area contributed by atoms with E-state index in [2.05, 4.69) is 31.9 Å². The highest BCUT2D eigenvalue weighted by atomic mass is 19.1. The third-order valence-corrected chi connectivity index (χ3v) is 5.95. The summed E-state index contributed by atoms with van der Waals surface area (Å²) in [7, 11) is 0. The SMILES string of the molecule is Cc1ccc(NC(=O)N2CCN(Cc3nc4cccnc4n3-c3ccccc3)CC2)cc1F. The van der Waals surface area contributed by atoms with Gasteiger partial charge in [-0.25, -0.2) is 19.2 Å². The number of amides is 2. The monoisotopic (exact) mass is 444 g/mol. The second-order valence-corrected chi connectivity index (χ2v) is 8.20. The summed E-state index contributed by atoms with van der Waals surface area (Å²) in [6.07, 6.45) is 1.78. The maximum Gasteiger partial charge on any atom is 0.321 e. The maximum absolute atomic E-state index is 13.8. The highest BCUT2D eigenvalue weighted by Crippen LogP contribution is 2.21. The lowest BCUT2D eigenvalue weighted by Gasteiger charge is -2.34. The molecule has 0 saturated carbocycles. The van der Waals surface area contributed by atoms with E-state index in [-0.39, 0.29) is 11.8 Å². The van der Waals surface area contributed by atoms with Gasteiger partial charge in [0.15, 0.2) is 5.65 Å². The molecule has 168 valence electrons. The van der Waals surface area contributed by atoms with Gasteiger partial charge in [-0.15, -0.1) is 0 Å². The fourth-order valence-corrected chi connectivity index (χ4v) is 4.10. The minimum atomic E-state index is -0.326. The van der Waals surface area contributed by atoms with Gasteiger partial charge in [0, 0.05) is 43.8 Å². The lowest BCUT2D eigenvalue weighted by Crippen LogP contribution is -2.49. The molecule has 1 aliphatic rings. The van der Waals surface area contributed by atoms with E-state index in [0.29, 0.717) is 30.9 Å². The van der Waals surface area contributed by atoms with Gasteiger partial charge in [0.25, 0.3) is 0 Å². The molecule has 0 atom stereocenters. The predicted molar refractivity (Wildman–Crippen MR) is 126 cm³/mol. The van der Waals surface area contributed by atoms with Crippen LogP contribution in [0.15, 0.2) is 66.9 Å². The van der Waals surface area contributed by atoms with Crippen molar-refractivity contribution in [3.05, 3.63) is 84.1 Å². The molecular formula is C25H25FN6O. The Morgan fingerprint density at radius 2 is 1.82 bits per heavy atom. The van der Waals surface area contributed by atoms with Crippen molar-refractivity contribution < 1.29 is 9.18 Å². The van der Waals surface area contributed by atoms with Crippen LogP contribution in [0.25, 0.3) is 16.9 Å². The highest BCUT2D eigenvalue weighted by molar-refractivity contribution is 5.89. The number of para-hydroxylation sites is 1. The van der Waals surface area contributed by atoms with Crippen molar-refractivity contribution in [1.29, 1.82) is 0 Å². The van der Waals surface area contributed by atoms with E-state index in [1.165, 1.54) is 6.07 Å². The zero-order valence-corrected chi connectivity index (χ0v) is 18.4. The zero-order valence-electron chi connectivity index (χ0n) is 18.4. The first-order valence-electron chi connectivity index (χ1n) is 11.0. The van der Waals surface area contributed by atoms with Gasteiger partial charge in [0.1, 0.15) is 17.2 Å². The summed E-state index contributed by atoms with van der Waals surface area (Å²) in [5, 5.41) is 2.80. The van der Waals surface area contributed by atoms with Gasteiger partial charge >= 0.3 is 6.03 Å². The normalized spacial score (nSPS) is 14.5. The zero-order chi connectivity index (χ0) is 22.8. The van der Waals surface area contributed by atoms with Gasteiger partial charge in [-0.1, -0.05) is 24.3 Å². The lowest BCUT2D eigenvalue weighted by molar-refractivity contribution is 0.140. The lowest BCUT2D eigenvalue weighted by atomic mass is 10.2. The Morgan fingerprint density at radius 3 is 2.58 bits per heavy atom. The minimum Gasteiger partial charge on any atom is -0.322 e. The minimum absolute atomic E-state index is 0.210. The molecule has 3 heterocycles. The standard InChI is InChI=1S/C25H25FN6O/c1-18-9-10-19(16-21(18)26)28-25(33)31-14-12-30(13-15-31)17-23-29-22-8-5-11-27-24(22)32(23)20-6-3-2-4-7-20/h2-11,16H,12-15,17H2,1H3,(H,28,33). The van der Waals surface area contributed by atoms with Crippen molar-refractivity contribution in [2.45, 2.75) is 13.5 Å². The number of halogens is 1. The summed E-state index contributed by atoms with van der Waals surface area (Å²) in [6.45, 7) is 4.97. The summed E-state index contributed by atoms with van der Waals surface area (Å²) in [4.78, 5) is 26.1. The summed E-state index contributed by atoms with van der Waals surface area (Å²) in [5.41, 5.74) is 3.74. The summed E-state index contributed by atoms with van der Waals surface area (Å²) >= 11 is 0. The van der Waals surface area contributed by atoms with E-state index >= 15 is 0 Å². The molecule has 0 radical (unpaired) electrons. The number of piperazine rings is 1. The Balaban J connectivity index is 1.27. The van der Waals surface area contributed by atoms with Crippen LogP contribution in [-0.2, 0) is 6.54 Å². The van der Waals surface area contributed by atoms with Crippen molar-refractivity contribution in [2.75, 3.05) is 31.5 Å². The third kappa shape index (κ3) is 4.42. The molecule has 5 rings (SSSR count). The number of aromatic nitrogens is 3. The van der Waals surface area contributed by atoms with Gasteiger partial charge in [-0.3, -0.25) is 9.47 Å². The Labute approximate surface area is 191 Å². The molecule has 0 aliphatic carbocycles. The van der Waals surface area contributed by atoms with Crippen LogP contribution in [-0.4, -0.2) is 56.5 Å². The fourth-order valence-electron chi connectivity index (χ4n) is 4.10.